The number of hydrogen-bond acceptors (Lipinski definition) is 3. The van der Waals surface area contributed by atoms with Gasteiger partial charge in [0.15, 0.2) is 5.69 Å². The lowest BCUT2D eigenvalue weighted by Crippen LogP contribution is -2.21. The van der Waals surface area contributed by atoms with Crippen molar-refractivity contribution in [2.75, 3.05) is 5.32 Å². The highest BCUT2D eigenvalue weighted by Crippen LogP contribution is 2.34. The molecule has 0 spiro atoms. The Morgan fingerprint density at radius 3 is 2.59 bits per heavy atom. The number of benzene rings is 2. The van der Waals surface area contributed by atoms with Crippen molar-refractivity contribution < 1.29 is 18.0 Å². The zero-order chi connectivity index (χ0) is 20.6. The predicted octanol–water partition coefficient (Wildman–Crippen LogP) is 5.35. The highest BCUT2D eigenvalue weighted by atomic mass is 35.5. The second kappa shape index (κ2) is 7.21. The number of pyridine rings is 1. The highest BCUT2D eigenvalue weighted by Gasteiger charge is 2.40. The molecule has 1 N–H and O–H groups in total. The van der Waals surface area contributed by atoms with Crippen molar-refractivity contribution in [2.24, 2.45) is 0 Å². The van der Waals surface area contributed by atoms with Gasteiger partial charge < -0.3 is 5.32 Å². The van der Waals surface area contributed by atoms with Crippen LogP contribution >= 0.6 is 11.6 Å². The number of nitrogens with zero attached hydrogens (tertiary/aromatic N) is 3. The van der Waals surface area contributed by atoms with Crippen LogP contribution in [0.1, 0.15) is 16.1 Å². The van der Waals surface area contributed by atoms with E-state index >= 15 is 0 Å². The van der Waals surface area contributed by atoms with Crippen molar-refractivity contribution >= 4 is 34.2 Å². The highest BCUT2D eigenvalue weighted by molar-refractivity contribution is 6.30. The van der Waals surface area contributed by atoms with Crippen LogP contribution in [-0.2, 0) is 6.18 Å². The van der Waals surface area contributed by atoms with Crippen LogP contribution in [0.15, 0.2) is 66.9 Å². The summed E-state index contributed by atoms with van der Waals surface area (Å²) >= 11 is 5.88. The van der Waals surface area contributed by atoms with E-state index in [2.05, 4.69) is 15.4 Å². The first-order valence-electron chi connectivity index (χ1n) is 8.41. The molecule has 2 aromatic heterocycles. The third-order valence-electron chi connectivity index (χ3n) is 4.18. The van der Waals surface area contributed by atoms with Crippen LogP contribution in [0.5, 0.6) is 0 Å². The van der Waals surface area contributed by atoms with Crippen LogP contribution < -0.4 is 5.32 Å². The molecule has 0 fully saturated rings. The summed E-state index contributed by atoms with van der Waals surface area (Å²) in [6.45, 7) is 0. The van der Waals surface area contributed by atoms with Gasteiger partial charge in [-0.3, -0.25) is 4.79 Å². The zero-order valence-corrected chi connectivity index (χ0v) is 15.4. The summed E-state index contributed by atoms with van der Waals surface area (Å²) in [5.41, 5.74) is -1.12. The predicted molar refractivity (Wildman–Crippen MR) is 103 cm³/mol. The lowest BCUT2D eigenvalue weighted by atomic mass is 10.2. The summed E-state index contributed by atoms with van der Waals surface area (Å²) < 4.78 is 41.9. The zero-order valence-electron chi connectivity index (χ0n) is 14.6. The van der Waals surface area contributed by atoms with E-state index in [1.807, 2.05) is 12.1 Å². The molecule has 0 bridgehead atoms. The van der Waals surface area contributed by atoms with E-state index in [0.717, 1.165) is 11.6 Å². The Hall–Kier alpha value is -3.39. The Bertz CT molecular complexity index is 1220. The number of aromatic nitrogens is 3. The van der Waals surface area contributed by atoms with Gasteiger partial charge in [0.1, 0.15) is 5.82 Å². The normalized spacial score (nSPS) is 11.6. The fourth-order valence-corrected chi connectivity index (χ4v) is 3.09. The third kappa shape index (κ3) is 3.79. The van der Waals surface area contributed by atoms with Crippen LogP contribution in [0.2, 0.25) is 5.02 Å². The summed E-state index contributed by atoms with van der Waals surface area (Å²) in [5, 5.41) is 7.26. The molecule has 0 unspecified atom stereocenters. The van der Waals surface area contributed by atoms with Gasteiger partial charge in [-0.15, -0.1) is 0 Å². The SMILES string of the molecule is O=C(Nc1ccc2ccccc2n1)c1cnn(-c2cccc(Cl)c2)c1C(F)(F)F. The number of anilines is 1. The van der Waals surface area contributed by atoms with Crippen molar-refractivity contribution in [3.8, 4) is 5.69 Å². The largest absolute Gasteiger partial charge is 0.434 e. The van der Waals surface area contributed by atoms with E-state index in [4.69, 9.17) is 11.6 Å². The Morgan fingerprint density at radius 2 is 1.83 bits per heavy atom. The van der Waals surface area contributed by atoms with E-state index in [1.54, 1.807) is 18.2 Å². The van der Waals surface area contributed by atoms with E-state index in [0.29, 0.717) is 10.2 Å². The molecule has 5 nitrogen and oxygen atoms in total. The molecular formula is C20H12ClF3N4O. The number of para-hydroxylation sites is 1. The molecule has 0 radical (unpaired) electrons. The fraction of sp³-hybridized carbons (Fsp3) is 0.0500. The molecule has 146 valence electrons. The first-order valence-corrected chi connectivity index (χ1v) is 8.79. The maximum Gasteiger partial charge on any atom is 0.434 e. The second-order valence-electron chi connectivity index (χ2n) is 6.14. The number of rotatable bonds is 3. The minimum absolute atomic E-state index is 0.0905. The topological polar surface area (TPSA) is 59.8 Å². The minimum atomic E-state index is -4.82. The maximum absolute atomic E-state index is 13.7. The van der Waals surface area contributed by atoms with E-state index in [1.165, 1.54) is 30.3 Å². The third-order valence-corrected chi connectivity index (χ3v) is 4.41. The molecule has 9 heteroatoms. The average Bonchev–Trinajstić information content (AvgIpc) is 3.14. The molecule has 4 aromatic rings. The maximum atomic E-state index is 13.7. The van der Waals surface area contributed by atoms with Crippen molar-refractivity contribution in [1.82, 2.24) is 14.8 Å². The number of alkyl halides is 3. The van der Waals surface area contributed by atoms with Gasteiger partial charge in [0.25, 0.3) is 5.91 Å². The van der Waals surface area contributed by atoms with Gasteiger partial charge in [0.2, 0.25) is 0 Å². The number of fused-ring (bicyclic) bond motifs is 1. The van der Waals surface area contributed by atoms with Crippen molar-refractivity contribution in [3.63, 3.8) is 0 Å². The van der Waals surface area contributed by atoms with Gasteiger partial charge in [-0.2, -0.15) is 18.3 Å². The first-order chi connectivity index (χ1) is 13.8. The number of carbonyl (C=O) groups excluding carboxylic acids is 1. The summed E-state index contributed by atoms with van der Waals surface area (Å²) in [7, 11) is 0. The molecule has 0 aliphatic carbocycles. The molecule has 2 heterocycles. The number of nitrogens with one attached hydrogen (secondary N) is 1. The summed E-state index contributed by atoms with van der Waals surface area (Å²) in [5.74, 6) is -0.828. The van der Waals surface area contributed by atoms with Gasteiger partial charge in [0, 0.05) is 10.4 Å². The quantitative estimate of drug-likeness (QED) is 0.490. The molecule has 29 heavy (non-hydrogen) atoms. The first kappa shape index (κ1) is 18.9. The molecule has 0 aliphatic rings. The van der Waals surface area contributed by atoms with Crippen LogP contribution in [0.4, 0.5) is 19.0 Å². The Morgan fingerprint density at radius 1 is 1.03 bits per heavy atom. The lowest BCUT2D eigenvalue weighted by molar-refractivity contribution is -0.143. The van der Waals surface area contributed by atoms with Gasteiger partial charge in [-0.1, -0.05) is 35.9 Å². The molecular weight excluding hydrogens is 405 g/mol. The summed E-state index contributed by atoms with van der Waals surface area (Å²) in [4.78, 5) is 16.9. The Labute approximate surface area is 167 Å². The minimum Gasteiger partial charge on any atom is -0.306 e. The van der Waals surface area contributed by atoms with Crippen molar-refractivity contribution in [1.29, 1.82) is 0 Å². The smallest absolute Gasteiger partial charge is 0.306 e. The monoisotopic (exact) mass is 416 g/mol. The number of carbonyl (C=O) groups is 1. The molecule has 2 aromatic carbocycles. The molecule has 0 atom stereocenters. The standard InChI is InChI=1S/C20H12ClF3N4O/c21-13-5-3-6-14(10-13)28-18(20(22,23)24)15(11-25-28)19(29)27-17-9-8-12-4-1-2-7-16(12)26-17/h1-11H,(H,26,27,29). The van der Waals surface area contributed by atoms with Gasteiger partial charge in [0.05, 0.1) is 23.0 Å². The number of amides is 1. The molecule has 1 amide bonds. The molecule has 0 aliphatic heterocycles. The molecule has 4 rings (SSSR count). The van der Waals surface area contributed by atoms with E-state index in [9.17, 15) is 18.0 Å². The van der Waals surface area contributed by atoms with Crippen LogP contribution in [0.25, 0.3) is 16.6 Å². The van der Waals surface area contributed by atoms with Crippen molar-refractivity contribution in [3.05, 3.63) is 83.1 Å². The van der Waals surface area contributed by atoms with Crippen LogP contribution in [-0.4, -0.2) is 20.7 Å². The van der Waals surface area contributed by atoms with Gasteiger partial charge in [-0.25, -0.2) is 9.67 Å². The lowest BCUT2D eigenvalue weighted by Gasteiger charge is -2.13. The van der Waals surface area contributed by atoms with E-state index in [-0.39, 0.29) is 16.5 Å². The number of hydrogen-bond donors (Lipinski definition) is 1. The summed E-state index contributed by atoms with van der Waals surface area (Å²) in [6, 6.07) is 16.2. The Balaban J connectivity index is 1.72. The average molecular weight is 417 g/mol. The molecule has 0 saturated heterocycles. The summed E-state index contributed by atoms with van der Waals surface area (Å²) in [6.07, 6.45) is -3.94. The van der Waals surface area contributed by atoms with Gasteiger partial charge in [-0.05, 0) is 36.4 Å². The van der Waals surface area contributed by atoms with Crippen molar-refractivity contribution in [2.45, 2.75) is 6.18 Å². The van der Waals surface area contributed by atoms with Crippen LogP contribution in [0.3, 0.4) is 0 Å². The van der Waals surface area contributed by atoms with Gasteiger partial charge >= 0.3 is 6.18 Å². The second-order valence-corrected chi connectivity index (χ2v) is 6.58. The molecule has 0 saturated carbocycles. The van der Waals surface area contributed by atoms with Crippen LogP contribution in [0, 0.1) is 0 Å². The number of halogens is 4. The Kier molecular flexibility index (Phi) is 4.71. The fourth-order valence-electron chi connectivity index (χ4n) is 2.91. The van der Waals surface area contributed by atoms with E-state index < -0.39 is 23.3 Å².